The van der Waals surface area contributed by atoms with Gasteiger partial charge < -0.3 is 14.4 Å². The molecule has 1 atom stereocenters. The van der Waals surface area contributed by atoms with Crippen molar-refractivity contribution in [1.82, 2.24) is 4.98 Å². The number of aliphatic hydroxyl groups excluding tert-OH is 1. The molecular formula is C13H15ClN2O2. The summed E-state index contributed by atoms with van der Waals surface area (Å²) >= 11 is 5.86. The van der Waals surface area contributed by atoms with Gasteiger partial charge in [0.1, 0.15) is 12.0 Å². The van der Waals surface area contributed by atoms with E-state index in [0.29, 0.717) is 16.7 Å². The van der Waals surface area contributed by atoms with E-state index >= 15 is 0 Å². The fraction of sp³-hybridized carbons (Fsp3) is 0.308. The maximum absolute atomic E-state index is 8.96. The second-order valence-corrected chi connectivity index (χ2v) is 4.55. The molecule has 4 nitrogen and oxygen atoms in total. The number of benzene rings is 1. The first kappa shape index (κ1) is 12.9. The van der Waals surface area contributed by atoms with Gasteiger partial charge in [-0.25, -0.2) is 0 Å². The zero-order chi connectivity index (χ0) is 13.1. The van der Waals surface area contributed by atoms with Crippen molar-refractivity contribution in [3.63, 3.8) is 0 Å². The van der Waals surface area contributed by atoms with Crippen LogP contribution in [-0.2, 0) is 6.61 Å². The predicted octanol–water partition coefficient (Wildman–Crippen LogP) is 3.02. The molecule has 96 valence electrons. The Morgan fingerprint density at radius 1 is 1.39 bits per heavy atom. The largest absolute Gasteiger partial charge is 0.432 e. The van der Waals surface area contributed by atoms with Gasteiger partial charge in [-0.3, -0.25) is 0 Å². The molecule has 5 heteroatoms. The number of hydrogen-bond acceptors (Lipinski definition) is 4. The maximum Gasteiger partial charge on any atom is 0.297 e. The SMILES string of the molecule is CC(c1ccc(Cl)cc1)N(C)c1nc(CO)co1. The highest BCUT2D eigenvalue weighted by Crippen LogP contribution is 2.25. The molecule has 18 heavy (non-hydrogen) atoms. The standard InChI is InChI=1S/C13H15ClN2O2/c1-9(10-3-5-11(14)6-4-10)16(2)13-15-12(7-17)8-18-13/h3-6,8-9,17H,7H2,1-2H3. The molecule has 0 amide bonds. The maximum atomic E-state index is 8.96. The van der Waals surface area contributed by atoms with Gasteiger partial charge in [0.05, 0.1) is 12.6 Å². The average molecular weight is 267 g/mol. The van der Waals surface area contributed by atoms with Gasteiger partial charge in [-0.2, -0.15) is 4.98 Å². The van der Waals surface area contributed by atoms with E-state index in [0.717, 1.165) is 5.56 Å². The van der Waals surface area contributed by atoms with Crippen LogP contribution in [0.25, 0.3) is 0 Å². The van der Waals surface area contributed by atoms with Crippen molar-refractivity contribution in [2.75, 3.05) is 11.9 Å². The number of aromatic nitrogens is 1. The van der Waals surface area contributed by atoms with E-state index in [9.17, 15) is 0 Å². The van der Waals surface area contributed by atoms with Crippen LogP contribution in [0.2, 0.25) is 5.02 Å². The summed E-state index contributed by atoms with van der Waals surface area (Å²) in [6, 6.07) is 8.25. The number of aliphatic hydroxyl groups is 1. The second-order valence-electron chi connectivity index (χ2n) is 4.12. The number of halogens is 1. The topological polar surface area (TPSA) is 49.5 Å². The number of anilines is 1. The zero-order valence-electron chi connectivity index (χ0n) is 10.3. The van der Waals surface area contributed by atoms with Crippen molar-refractivity contribution in [1.29, 1.82) is 0 Å². The first-order valence-corrected chi connectivity index (χ1v) is 6.03. The van der Waals surface area contributed by atoms with Crippen LogP contribution in [0.4, 0.5) is 6.01 Å². The van der Waals surface area contributed by atoms with E-state index in [1.807, 2.05) is 43.1 Å². The number of nitrogens with zero attached hydrogens (tertiary/aromatic N) is 2. The molecule has 0 aliphatic carbocycles. The zero-order valence-corrected chi connectivity index (χ0v) is 11.1. The van der Waals surface area contributed by atoms with Gasteiger partial charge in [-0.1, -0.05) is 23.7 Å². The van der Waals surface area contributed by atoms with Gasteiger partial charge in [0.15, 0.2) is 0 Å². The summed E-state index contributed by atoms with van der Waals surface area (Å²) in [6.07, 6.45) is 1.46. The lowest BCUT2D eigenvalue weighted by Crippen LogP contribution is -2.21. The highest BCUT2D eigenvalue weighted by Gasteiger charge is 2.16. The third kappa shape index (κ3) is 2.66. The van der Waals surface area contributed by atoms with Gasteiger partial charge in [-0.15, -0.1) is 0 Å². The summed E-state index contributed by atoms with van der Waals surface area (Å²) in [5, 5.41) is 9.68. The van der Waals surface area contributed by atoms with Crippen molar-refractivity contribution in [3.8, 4) is 0 Å². The Balaban J connectivity index is 2.17. The normalized spacial score (nSPS) is 12.4. The molecule has 0 aliphatic heterocycles. The minimum atomic E-state index is -0.118. The number of oxazole rings is 1. The molecule has 2 aromatic rings. The summed E-state index contributed by atoms with van der Waals surface area (Å²) in [5.41, 5.74) is 1.64. The minimum absolute atomic E-state index is 0.104. The molecule has 0 spiro atoms. The summed E-state index contributed by atoms with van der Waals surface area (Å²) in [4.78, 5) is 6.08. The summed E-state index contributed by atoms with van der Waals surface area (Å²) in [7, 11) is 1.90. The average Bonchev–Trinajstić information content (AvgIpc) is 2.86. The molecule has 1 heterocycles. The van der Waals surface area contributed by atoms with Crippen LogP contribution in [-0.4, -0.2) is 17.1 Å². The van der Waals surface area contributed by atoms with Crippen LogP contribution >= 0.6 is 11.6 Å². The molecule has 0 saturated heterocycles. The van der Waals surface area contributed by atoms with Crippen molar-refractivity contribution in [3.05, 3.63) is 46.8 Å². The highest BCUT2D eigenvalue weighted by molar-refractivity contribution is 6.30. The molecule has 2 rings (SSSR count). The van der Waals surface area contributed by atoms with E-state index in [1.165, 1.54) is 6.26 Å². The smallest absolute Gasteiger partial charge is 0.297 e. The monoisotopic (exact) mass is 266 g/mol. The Kier molecular flexibility index (Phi) is 3.89. The van der Waals surface area contributed by atoms with E-state index in [2.05, 4.69) is 4.98 Å². The van der Waals surface area contributed by atoms with Gasteiger partial charge in [-0.05, 0) is 24.6 Å². The van der Waals surface area contributed by atoms with Crippen LogP contribution in [0, 0.1) is 0 Å². The molecule has 0 fully saturated rings. The molecule has 0 radical (unpaired) electrons. The third-order valence-corrected chi connectivity index (χ3v) is 3.19. The summed E-state index contributed by atoms with van der Waals surface area (Å²) in [6.45, 7) is 1.93. The molecule has 1 aromatic heterocycles. The van der Waals surface area contributed by atoms with Crippen molar-refractivity contribution >= 4 is 17.6 Å². The molecular weight excluding hydrogens is 252 g/mol. The first-order valence-electron chi connectivity index (χ1n) is 5.65. The highest BCUT2D eigenvalue weighted by atomic mass is 35.5. The lowest BCUT2D eigenvalue weighted by atomic mass is 10.1. The van der Waals surface area contributed by atoms with E-state index < -0.39 is 0 Å². The van der Waals surface area contributed by atoms with Crippen molar-refractivity contribution in [2.45, 2.75) is 19.6 Å². The fourth-order valence-electron chi connectivity index (χ4n) is 1.66. The molecule has 0 aliphatic rings. The van der Waals surface area contributed by atoms with Crippen LogP contribution in [0.15, 0.2) is 34.9 Å². The van der Waals surface area contributed by atoms with Gasteiger partial charge in [0.25, 0.3) is 6.01 Å². The number of hydrogen-bond donors (Lipinski definition) is 1. The molecule has 1 unspecified atom stereocenters. The van der Waals surface area contributed by atoms with E-state index in [-0.39, 0.29) is 12.6 Å². The lowest BCUT2D eigenvalue weighted by molar-refractivity contribution is 0.276. The van der Waals surface area contributed by atoms with E-state index in [1.54, 1.807) is 0 Å². The van der Waals surface area contributed by atoms with Gasteiger partial charge in [0, 0.05) is 12.1 Å². The summed E-state index contributed by atoms with van der Waals surface area (Å²) < 4.78 is 5.31. The minimum Gasteiger partial charge on any atom is -0.432 e. The van der Waals surface area contributed by atoms with Crippen molar-refractivity contribution < 1.29 is 9.52 Å². The van der Waals surface area contributed by atoms with Gasteiger partial charge >= 0.3 is 0 Å². The third-order valence-electron chi connectivity index (χ3n) is 2.94. The number of rotatable bonds is 4. The van der Waals surface area contributed by atoms with Gasteiger partial charge in [0.2, 0.25) is 0 Å². The molecule has 1 aromatic carbocycles. The summed E-state index contributed by atoms with van der Waals surface area (Å²) in [5.74, 6) is 0. The molecule has 0 saturated carbocycles. The second kappa shape index (κ2) is 5.42. The Labute approximate surface area is 111 Å². The van der Waals surface area contributed by atoms with Crippen LogP contribution in [0.3, 0.4) is 0 Å². The molecule has 0 bridgehead atoms. The first-order chi connectivity index (χ1) is 8.61. The Hall–Kier alpha value is -1.52. The lowest BCUT2D eigenvalue weighted by Gasteiger charge is -2.23. The van der Waals surface area contributed by atoms with Crippen molar-refractivity contribution in [2.24, 2.45) is 0 Å². The van der Waals surface area contributed by atoms with Crippen LogP contribution in [0.5, 0.6) is 0 Å². The molecule has 1 N–H and O–H groups in total. The Bertz CT molecular complexity index is 510. The quantitative estimate of drug-likeness (QED) is 0.924. The fourth-order valence-corrected chi connectivity index (χ4v) is 1.79. The van der Waals surface area contributed by atoms with Crippen LogP contribution in [0.1, 0.15) is 24.2 Å². The van der Waals surface area contributed by atoms with Crippen LogP contribution < -0.4 is 4.90 Å². The predicted molar refractivity (Wildman–Crippen MR) is 70.7 cm³/mol. The Morgan fingerprint density at radius 3 is 2.61 bits per heavy atom. The van der Waals surface area contributed by atoms with E-state index in [4.69, 9.17) is 21.1 Å². The Morgan fingerprint density at radius 2 is 2.06 bits per heavy atom.